The smallest absolute Gasteiger partial charge is 0.134 e. The van der Waals surface area contributed by atoms with Crippen LogP contribution in [0.4, 0.5) is 0 Å². The molecule has 0 aliphatic carbocycles. The Hall–Kier alpha value is 0.0500. The predicted molar refractivity (Wildman–Crippen MR) is 59.9 cm³/mol. The molecule has 0 bridgehead atoms. The average molecular weight is 251 g/mol. The second kappa shape index (κ2) is 3.32. The van der Waals surface area contributed by atoms with Crippen LogP contribution >= 0.6 is 46.1 Å². The first-order valence-corrected chi connectivity index (χ1v) is 5.49. The maximum Gasteiger partial charge on any atom is 0.216 e. The Labute approximate surface area is 95.0 Å². The van der Waals surface area contributed by atoms with Crippen molar-refractivity contribution in [2.24, 2.45) is 0 Å². The lowest BCUT2D eigenvalue weighted by Crippen LogP contribution is -1.98. The fraction of sp³-hybridized carbons (Fsp3) is 0.111. The van der Waals surface area contributed by atoms with Gasteiger partial charge in [-0.3, -0.25) is 0 Å². The van der Waals surface area contributed by atoms with Gasteiger partial charge >= 0.3 is 0 Å². The normalized spacial score (nSPS) is 12.2. The lowest BCUT2D eigenvalue weighted by molar-refractivity contribution is 1.26. The summed E-state index contributed by atoms with van der Waals surface area (Å²) in [6, 6.07) is 7.54. The van der Waals surface area contributed by atoms with Crippen molar-refractivity contribution in [1.82, 2.24) is 0 Å². The van der Waals surface area contributed by atoms with Crippen LogP contribution in [-0.2, 0) is 3.79 Å². The number of rotatable bonds is 0. The maximum absolute atomic E-state index is 5.75. The van der Waals surface area contributed by atoms with E-state index >= 15 is 0 Å². The first-order chi connectivity index (χ1) is 6.07. The third-order valence-corrected chi connectivity index (χ3v) is 3.19. The molecule has 0 aliphatic rings. The van der Waals surface area contributed by atoms with E-state index in [1.807, 2.05) is 24.3 Å². The van der Waals surface area contributed by atoms with Crippen molar-refractivity contribution in [3.05, 3.63) is 35.2 Å². The largest absolute Gasteiger partial charge is 0.216 e. The average Bonchev–Trinajstić information content (AvgIpc) is 2.47. The molecule has 0 saturated carbocycles. The summed E-state index contributed by atoms with van der Waals surface area (Å²) in [4.78, 5) is 0. The second-order valence-corrected chi connectivity index (χ2v) is 5.78. The minimum atomic E-state index is -1.34. The molecule has 0 aliphatic heterocycles. The van der Waals surface area contributed by atoms with Crippen molar-refractivity contribution in [2.75, 3.05) is 0 Å². The van der Waals surface area contributed by atoms with E-state index in [-0.39, 0.29) is 0 Å². The van der Waals surface area contributed by atoms with E-state index in [0.717, 1.165) is 10.1 Å². The van der Waals surface area contributed by atoms with Crippen molar-refractivity contribution in [1.29, 1.82) is 0 Å². The minimum absolute atomic E-state index is 0.695. The van der Waals surface area contributed by atoms with E-state index in [2.05, 4.69) is 5.38 Å². The number of hydrogen-bond acceptors (Lipinski definition) is 1. The van der Waals surface area contributed by atoms with Crippen molar-refractivity contribution >= 4 is 56.2 Å². The second-order valence-electron chi connectivity index (χ2n) is 2.61. The molecule has 1 aromatic heterocycles. The van der Waals surface area contributed by atoms with Crippen LogP contribution in [0.25, 0.3) is 10.1 Å². The topological polar surface area (TPSA) is 0 Å². The summed E-state index contributed by atoms with van der Waals surface area (Å²) in [6.45, 7) is 0. The van der Waals surface area contributed by atoms with Crippen LogP contribution in [0.1, 0.15) is 5.56 Å². The van der Waals surface area contributed by atoms with Crippen LogP contribution in [0.5, 0.6) is 0 Å². The highest BCUT2D eigenvalue weighted by molar-refractivity contribution is 7.16. The SMILES string of the molecule is ClC(Cl)(Cl)c1ccc2c[c]sc2c1. The fourth-order valence-corrected chi connectivity index (χ4v) is 2.17. The van der Waals surface area contributed by atoms with Gasteiger partial charge in [0.05, 0.1) is 0 Å². The number of hydrogen-bond donors (Lipinski definition) is 0. The molecule has 0 atom stereocenters. The van der Waals surface area contributed by atoms with E-state index in [4.69, 9.17) is 34.8 Å². The van der Waals surface area contributed by atoms with Crippen molar-refractivity contribution in [2.45, 2.75) is 3.79 Å². The number of halogens is 3. The molecule has 0 nitrogen and oxygen atoms in total. The molecule has 67 valence electrons. The molecule has 0 fully saturated rings. The van der Waals surface area contributed by atoms with Crippen LogP contribution in [-0.4, -0.2) is 0 Å². The van der Waals surface area contributed by atoms with E-state index in [0.29, 0.717) is 5.56 Å². The molecule has 4 heteroatoms. The lowest BCUT2D eigenvalue weighted by Gasteiger charge is -2.10. The number of alkyl halides is 3. The summed E-state index contributed by atoms with van der Waals surface area (Å²) in [5.74, 6) is 0. The van der Waals surface area contributed by atoms with Gasteiger partial charge in [0.15, 0.2) is 0 Å². The zero-order valence-electron chi connectivity index (χ0n) is 6.35. The first-order valence-electron chi connectivity index (χ1n) is 3.54. The molecule has 0 unspecified atom stereocenters. The zero-order chi connectivity index (χ0) is 9.47. The van der Waals surface area contributed by atoms with E-state index in [1.165, 1.54) is 11.3 Å². The Balaban J connectivity index is 2.61. The summed E-state index contributed by atoms with van der Waals surface area (Å²) >= 11 is 18.8. The molecular weight excluding hydrogens is 247 g/mol. The molecule has 0 spiro atoms. The molecule has 1 heterocycles. The summed E-state index contributed by atoms with van der Waals surface area (Å²) in [5, 5.41) is 4.16. The van der Waals surface area contributed by atoms with Crippen LogP contribution < -0.4 is 0 Å². The lowest BCUT2D eigenvalue weighted by atomic mass is 10.2. The van der Waals surface area contributed by atoms with Crippen molar-refractivity contribution in [3.63, 3.8) is 0 Å². The van der Waals surface area contributed by atoms with Crippen LogP contribution in [0.2, 0.25) is 0 Å². The van der Waals surface area contributed by atoms with Crippen molar-refractivity contribution in [3.8, 4) is 0 Å². The van der Waals surface area contributed by atoms with Crippen LogP contribution in [0.15, 0.2) is 24.3 Å². The highest BCUT2D eigenvalue weighted by Gasteiger charge is 2.22. The van der Waals surface area contributed by atoms with Gasteiger partial charge in [-0.15, -0.1) is 11.3 Å². The summed E-state index contributed by atoms with van der Waals surface area (Å²) in [6.07, 6.45) is 0. The van der Waals surface area contributed by atoms with Gasteiger partial charge in [-0.05, 0) is 17.5 Å². The number of benzene rings is 1. The Kier molecular flexibility index (Phi) is 2.45. The number of thiophene rings is 1. The van der Waals surface area contributed by atoms with Gasteiger partial charge in [0.1, 0.15) is 0 Å². The van der Waals surface area contributed by atoms with Gasteiger partial charge in [0, 0.05) is 15.6 Å². The van der Waals surface area contributed by atoms with Gasteiger partial charge in [0.2, 0.25) is 3.79 Å². The Morgan fingerprint density at radius 2 is 2.00 bits per heavy atom. The molecule has 13 heavy (non-hydrogen) atoms. The first kappa shape index (κ1) is 9.60. The maximum atomic E-state index is 5.75. The van der Waals surface area contributed by atoms with Gasteiger partial charge in [-0.2, -0.15) is 0 Å². The Morgan fingerprint density at radius 3 is 2.69 bits per heavy atom. The highest BCUT2D eigenvalue weighted by atomic mass is 35.6. The van der Waals surface area contributed by atoms with E-state index in [1.54, 1.807) is 0 Å². The Morgan fingerprint density at radius 1 is 1.23 bits per heavy atom. The monoisotopic (exact) mass is 249 g/mol. The summed E-state index contributed by atoms with van der Waals surface area (Å²) in [7, 11) is 0. The standard InChI is InChI=1S/C9H4Cl3S/c10-9(11,12)7-2-1-6-3-4-13-8(6)5-7/h1-3,5H. The quantitative estimate of drug-likeness (QED) is 0.603. The number of fused-ring (bicyclic) bond motifs is 1. The van der Waals surface area contributed by atoms with Gasteiger partial charge in [-0.25, -0.2) is 0 Å². The van der Waals surface area contributed by atoms with E-state index < -0.39 is 3.79 Å². The third-order valence-electron chi connectivity index (χ3n) is 1.72. The molecule has 0 amide bonds. The molecule has 2 rings (SSSR count). The predicted octanol–water partition coefficient (Wildman–Crippen LogP) is 4.53. The van der Waals surface area contributed by atoms with Crippen LogP contribution in [0, 0.1) is 5.38 Å². The molecule has 2 aromatic rings. The summed E-state index contributed by atoms with van der Waals surface area (Å²) < 4.78 is -0.248. The molecule has 1 radical (unpaired) electrons. The van der Waals surface area contributed by atoms with Gasteiger partial charge < -0.3 is 0 Å². The third kappa shape index (κ3) is 1.94. The highest BCUT2D eigenvalue weighted by Crippen LogP contribution is 2.39. The van der Waals surface area contributed by atoms with E-state index in [9.17, 15) is 0 Å². The zero-order valence-corrected chi connectivity index (χ0v) is 9.44. The molecule has 1 aromatic carbocycles. The molecule has 0 saturated heterocycles. The fourth-order valence-electron chi connectivity index (χ4n) is 1.07. The van der Waals surface area contributed by atoms with Gasteiger partial charge in [0.25, 0.3) is 0 Å². The summed E-state index contributed by atoms with van der Waals surface area (Å²) in [5.41, 5.74) is 0.695. The molecule has 0 N–H and O–H groups in total. The van der Waals surface area contributed by atoms with Crippen molar-refractivity contribution < 1.29 is 0 Å². The van der Waals surface area contributed by atoms with Crippen LogP contribution in [0.3, 0.4) is 0 Å². The van der Waals surface area contributed by atoms with Gasteiger partial charge in [-0.1, -0.05) is 46.9 Å². The minimum Gasteiger partial charge on any atom is -0.134 e. The Bertz CT molecular complexity index is 428. The molecular formula is C9H4Cl3S.